The maximum Gasteiger partial charge on any atom is 0.264 e. The molecule has 6 nitrogen and oxygen atoms in total. The van der Waals surface area contributed by atoms with E-state index in [9.17, 15) is 18.6 Å². The molecule has 0 saturated heterocycles. The van der Waals surface area contributed by atoms with Gasteiger partial charge in [-0.2, -0.15) is 8.42 Å². The van der Waals surface area contributed by atoms with Crippen molar-refractivity contribution in [2.75, 3.05) is 12.9 Å². The first-order valence-corrected chi connectivity index (χ1v) is 12.0. The normalized spacial score (nSPS) is 15.7. The van der Waals surface area contributed by atoms with Crippen molar-refractivity contribution < 1.29 is 27.9 Å². The molecule has 0 aromatic heterocycles. The van der Waals surface area contributed by atoms with E-state index in [4.69, 9.17) is 5.11 Å². The molecule has 0 aromatic rings. The molecule has 26 heavy (non-hydrogen) atoms. The minimum atomic E-state index is -3.79. The van der Waals surface area contributed by atoms with E-state index in [0.29, 0.717) is 6.42 Å². The van der Waals surface area contributed by atoms with E-state index in [-0.39, 0.29) is 0 Å². The average Bonchev–Trinajstić information content (AvgIpc) is 2.59. The molecule has 0 unspecified atom stereocenters. The smallest absolute Gasteiger partial charge is 0.264 e. The van der Waals surface area contributed by atoms with Crippen LogP contribution >= 0.6 is 0 Å². The third-order valence-electron chi connectivity index (χ3n) is 4.61. The van der Waals surface area contributed by atoms with Crippen LogP contribution in [0.1, 0.15) is 90.4 Å². The Kier molecular flexibility index (Phi) is 15.7. The van der Waals surface area contributed by atoms with Crippen LogP contribution in [0.4, 0.5) is 0 Å². The summed E-state index contributed by atoms with van der Waals surface area (Å²) in [6, 6.07) is 0. The van der Waals surface area contributed by atoms with Crippen molar-refractivity contribution >= 4 is 10.1 Å². The summed E-state index contributed by atoms with van der Waals surface area (Å²) in [6.45, 7) is 1.57. The Labute approximate surface area is 160 Å². The molecule has 7 heteroatoms. The minimum Gasteiger partial charge on any atom is -0.394 e. The van der Waals surface area contributed by atoms with Crippen LogP contribution in [0.15, 0.2) is 0 Å². The molecule has 158 valence electrons. The first-order valence-electron chi connectivity index (χ1n) is 10.2. The van der Waals surface area contributed by atoms with Crippen molar-refractivity contribution in [3.05, 3.63) is 0 Å². The largest absolute Gasteiger partial charge is 0.394 e. The van der Waals surface area contributed by atoms with Gasteiger partial charge >= 0.3 is 0 Å². The van der Waals surface area contributed by atoms with Crippen molar-refractivity contribution in [2.45, 2.75) is 109 Å². The predicted octanol–water partition coefficient (Wildman–Crippen LogP) is 3.14. The fraction of sp³-hybridized carbons (Fsp3) is 1.00. The SMILES string of the molecule is CCCCCCCCCCCCCC[C@H](O)[C@@H](O)[C@@H](CO)OS(C)(=O)=O. The Balaban J connectivity index is 3.65. The molecule has 3 atom stereocenters. The van der Waals surface area contributed by atoms with Gasteiger partial charge in [0.25, 0.3) is 10.1 Å². The van der Waals surface area contributed by atoms with E-state index in [1.165, 1.54) is 57.8 Å². The fourth-order valence-corrected chi connectivity index (χ4v) is 3.66. The molecule has 0 bridgehead atoms. The molecule has 0 amide bonds. The Morgan fingerprint density at radius 2 is 1.23 bits per heavy atom. The molecule has 0 saturated carbocycles. The Bertz CT molecular complexity index is 412. The van der Waals surface area contributed by atoms with Gasteiger partial charge in [-0.25, -0.2) is 0 Å². The standard InChI is InChI=1S/C19H40O6S/c1-3-4-5-6-7-8-9-10-11-12-13-14-15-17(21)19(22)18(16-20)25-26(2,23)24/h17-22H,3-16H2,1-2H3/t17-,18+,19+/m0/s1. The second kappa shape index (κ2) is 15.8. The number of unbranched alkanes of at least 4 members (excludes halogenated alkanes) is 11. The number of aliphatic hydroxyl groups excluding tert-OH is 3. The van der Waals surface area contributed by atoms with Crippen LogP contribution in [0.5, 0.6) is 0 Å². The molecule has 0 spiro atoms. The Morgan fingerprint density at radius 1 is 0.808 bits per heavy atom. The second-order valence-corrected chi connectivity index (χ2v) is 8.86. The van der Waals surface area contributed by atoms with E-state index in [1.54, 1.807) is 0 Å². The molecular weight excluding hydrogens is 356 g/mol. The van der Waals surface area contributed by atoms with Crippen molar-refractivity contribution in [3.8, 4) is 0 Å². The number of rotatable bonds is 18. The van der Waals surface area contributed by atoms with Crippen molar-refractivity contribution in [1.82, 2.24) is 0 Å². The summed E-state index contributed by atoms with van der Waals surface area (Å²) in [7, 11) is -3.79. The highest BCUT2D eigenvalue weighted by Crippen LogP contribution is 2.15. The van der Waals surface area contributed by atoms with Gasteiger partial charge in [0.1, 0.15) is 12.2 Å². The van der Waals surface area contributed by atoms with Crippen LogP contribution in [0.2, 0.25) is 0 Å². The van der Waals surface area contributed by atoms with E-state index in [0.717, 1.165) is 25.5 Å². The van der Waals surface area contributed by atoms with Gasteiger partial charge in [-0.15, -0.1) is 0 Å². The second-order valence-electron chi connectivity index (χ2n) is 7.26. The van der Waals surface area contributed by atoms with Crippen LogP contribution in [0, 0.1) is 0 Å². The molecular formula is C19H40O6S. The van der Waals surface area contributed by atoms with Gasteiger partial charge in [-0.1, -0.05) is 84.0 Å². The molecule has 0 fully saturated rings. The molecule has 0 radical (unpaired) electrons. The van der Waals surface area contributed by atoms with Gasteiger partial charge in [-0.3, -0.25) is 4.18 Å². The zero-order chi connectivity index (χ0) is 19.8. The number of hydrogen-bond acceptors (Lipinski definition) is 6. The summed E-state index contributed by atoms with van der Waals surface area (Å²) in [5.74, 6) is 0. The summed E-state index contributed by atoms with van der Waals surface area (Å²) < 4.78 is 26.7. The first-order chi connectivity index (χ1) is 12.3. The topological polar surface area (TPSA) is 104 Å². The first kappa shape index (κ1) is 25.8. The number of aliphatic hydroxyl groups is 3. The van der Waals surface area contributed by atoms with Gasteiger partial charge < -0.3 is 15.3 Å². The summed E-state index contributed by atoms with van der Waals surface area (Å²) in [5.41, 5.74) is 0. The quantitative estimate of drug-likeness (QED) is 0.243. The lowest BCUT2D eigenvalue weighted by Gasteiger charge is -2.24. The van der Waals surface area contributed by atoms with Crippen molar-refractivity contribution in [2.24, 2.45) is 0 Å². The van der Waals surface area contributed by atoms with Crippen LogP contribution in [0.3, 0.4) is 0 Å². The van der Waals surface area contributed by atoms with Gasteiger partial charge in [-0.05, 0) is 6.42 Å². The summed E-state index contributed by atoms with van der Waals surface area (Å²) >= 11 is 0. The molecule has 0 aliphatic carbocycles. The highest BCUT2D eigenvalue weighted by molar-refractivity contribution is 7.86. The average molecular weight is 397 g/mol. The highest BCUT2D eigenvalue weighted by Gasteiger charge is 2.29. The molecule has 0 heterocycles. The molecule has 0 aliphatic heterocycles. The van der Waals surface area contributed by atoms with Crippen LogP contribution in [-0.2, 0) is 14.3 Å². The fourth-order valence-electron chi connectivity index (χ4n) is 3.03. The highest BCUT2D eigenvalue weighted by atomic mass is 32.2. The van der Waals surface area contributed by atoms with Gasteiger partial charge in [0.05, 0.1) is 19.0 Å². The van der Waals surface area contributed by atoms with Crippen molar-refractivity contribution in [1.29, 1.82) is 0 Å². The van der Waals surface area contributed by atoms with Crippen LogP contribution < -0.4 is 0 Å². The van der Waals surface area contributed by atoms with Crippen LogP contribution in [-0.4, -0.2) is 54.9 Å². The number of hydrogen-bond donors (Lipinski definition) is 3. The summed E-state index contributed by atoms with van der Waals surface area (Å²) in [6.07, 6.45) is 11.9. The van der Waals surface area contributed by atoms with E-state index < -0.39 is 35.0 Å². The molecule has 0 rings (SSSR count). The lowest BCUT2D eigenvalue weighted by molar-refractivity contribution is -0.0661. The van der Waals surface area contributed by atoms with E-state index in [2.05, 4.69) is 11.1 Å². The minimum absolute atomic E-state index is 0.363. The third kappa shape index (κ3) is 14.9. The lowest BCUT2D eigenvalue weighted by atomic mass is 10.0. The predicted molar refractivity (Wildman–Crippen MR) is 105 cm³/mol. The van der Waals surface area contributed by atoms with Crippen molar-refractivity contribution in [3.63, 3.8) is 0 Å². The molecule has 0 aromatic carbocycles. The third-order valence-corrected chi connectivity index (χ3v) is 5.20. The van der Waals surface area contributed by atoms with Gasteiger partial charge in [0, 0.05) is 0 Å². The van der Waals surface area contributed by atoms with E-state index >= 15 is 0 Å². The van der Waals surface area contributed by atoms with E-state index in [1.807, 2.05) is 0 Å². The zero-order valence-electron chi connectivity index (χ0n) is 16.6. The summed E-state index contributed by atoms with van der Waals surface area (Å²) in [4.78, 5) is 0. The summed E-state index contributed by atoms with van der Waals surface area (Å²) in [5, 5.41) is 29.0. The molecule has 3 N–H and O–H groups in total. The Morgan fingerprint density at radius 3 is 1.62 bits per heavy atom. The van der Waals surface area contributed by atoms with Crippen LogP contribution in [0.25, 0.3) is 0 Å². The lowest BCUT2D eigenvalue weighted by Crippen LogP contribution is -2.42. The Hall–Kier alpha value is -0.210. The molecule has 0 aliphatic rings. The van der Waals surface area contributed by atoms with Gasteiger partial charge in [0.15, 0.2) is 0 Å². The maximum atomic E-state index is 11.1. The zero-order valence-corrected chi connectivity index (χ0v) is 17.4. The van der Waals surface area contributed by atoms with Gasteiger partial charge in [0.2, 0.25) is 0 Å². The monoisotopic (exact) mass is 396 g/mol. The maximum absolute atomic E-state index is 11.1.